The lowest BCUT2D eigenvalue weighted by atomic mass is 9.86. The van der Waals surface area contributed by atoms with Gasteiger partial charge >= 0.3 is 0 Å². The molecule has 0 aromatic carbocycles. The summed E-state index contributed by atoms with van der Waals surface area (Å²) in [6, 6.07) is 0.979. The Bertz CT molecular complexity index is 310. The average Bonchev–Trinajstić information content (AvgIpc) is 3.25. The Balaban J connectivity index is 1.92. The summed E-state index contributed by atoms with van der Waals surface area (Å²) in [5, 5.41) is 9.05. The summed E-state index contributed by atoms with van der Waals surface area (Å²) < 4.78 is 0. The van der Waals surface area contributed by atoms with E-state index in [2.05, 4.69) is 11.8 Å². The summed E-state index contributed by atoms with van der Waals surface area (Å²) in [6.45, 7) is 6.40. The first kappa shape index (κ1) is 15.8. The van der Waals surface area contributed by atoms with Gasteiger partial charge in [0.2, 0.25) is 5.91 Å². The minimum absolute atomic E-state index is 0.130. The number of amides is 1. The zero-order valence-electron chi connectivity index (χ0n) is 13.1. The molecule has 0 unspecified atom stereocenters. The maximum Gasteiger partial charge on any atom is 0.237 e. The molecule has 2 fully saturated rings. The Morgan fingerprint density at radius 3 is 2.10 bits per heavy atom. The van der Waals surface area contributed by atoms with Crippen molar-refractivity contribution in [3.63, 3.8) is 0 Å². The highest BCUT2D eigenvalue weighted by molar-refractivity contribution is 5.79. The van der Waals surface area contributed by atoms with Crippen molar-refractivity contribution in [2.24, 2.45) is 5.92 Å². The fourth-order valence-electron chi connectivity index (χ4n) is 3.34. The molecule has 0 aliphatic heterocycles. The lowest BCUT2D eigenvalue weighted by Crippen LogP contribution is -2.48. The number of carbonyl (C=O) groups is 1. The van der Waals surface area contributed by atoms with E-state index < -0.39 is 0 Å². The van der Waals surface area contributed by atoms with Gasteiger partial charge in [-0.15, -0.1) is 0 Å². The molecule has 0 spiro atoms. The summed E-state index contributed by atoms with van der Waals surface area (Å²) in [7, 11) is 0. The highest BCUT2D eigenvalue weighted by Gasteiger charge is 2.38. The molecule has 2 aliphatic rings. The molecule has 0 radical (unpaired) electrons. The van der Waals surface area contributed by atoms with Crippen LogP contribution in [0.15, 0.2) is 0 Å². The van der Waals surface area contributed by atoms with Crippen LogP contribution >= 0.6 is 0 Å². The van der Waals surface area contributed by atoms with Crippen LogP contribution in [0.3, 0.4) is 0 Å². The number of aliphatic hydroxyl groups is 1. The molecule has 2 rings (SSSR count). The van der Waals surface area contributed by atoms with Crippen LogP contribution < -0.4 is 0 Å². The number of aliphatic hydroxyl groups excluding tert-OH is 1. The average molecular weight is 282 g/mol. The first-order chi connectivity index (χ1) is 9.65. The predicted molar refractivity (Wildman–Crippen MR) is 80.5 cm³/mol. The van der Waals surface area contributed by atoms with Gasteiger partial charge in [-0.25, -0.2) is 0 Å². The van der Waals surface area contributed by atoms with Crippen molar-refractivity contribution < 1.29 is 9.90 Å². The molecule has 2 aliphatic carbocycles. The summed E-state index contributed by atoms with van der Waals surface area (Å²) in [4.78, 5) is 16.9. The Kier molecular flexibility index (Phi) is 5.85. The molecule has 4 nitrogen and oxygen atoms in total. The van der Waals surface area contributed by atoms with Crippen molar-refractivity contribution in [3.05, 3.63) is 0 Å². The number of likely N-dealkylation sites (N-methyl/N-ethyl adjacent to an activating group) is 1. The molecule has 0 aromatic heterocycles. The maximum absolute atomic E-state index is 12.7. The largest absolute Gasteiger partial charge is 0.395 e. The normalized spacial score (nSPS) is 26.8. The second kappa shape index (κ2) is 7.41. The molecule has 116 valence electrons. The molecule has 1 N–H and O–H groups in total. The zero-order chi connectivity index (χ0) is 14.5. The molecule has 20 heavy (non-hydrogen) atoms. The van der Waals surface area contributed by atoms with Crippen LogP contribution in [-0.4, -0.2) is 59.1 Å². The first-order valence-electron chi connectivity index (χ1n) is 8.30. The Morgan fingerprint density at radius 1 is 1.10 bits per heavy atom. The standard InChI is InChI=1S/C16H30N2O2/c1-3-17(10-11-19)12-16(20)18(15-8-9-15)14-6-4-13(2)5-7-14/h13-15,19H,3-12H2,1-2H3. The van der Waals surface area contributed by atoms with Gasteiger partial charge in [-0.1, -0.05) is 13.8 Å². The summed E-state index contributed by atoms with van der Waals surface area (Å²) in [5.74, 6) is 1.10. The second-order valence-corrected chi connectivity index (χ2v) is 6.54. The van der Waals surface area contributed by atoms with Gasteiger partial charge in [0, 0.05) is 18.6 Å². The van der Waals surface area contributed by atoms with Crippen molar-refractivity contribution in [3.8, 4) is 0 Å². The SMILES string of the molecule is CCN(CCO)CC(=O)N(C1CCC(C)CC1)C1CC1. The minimum Gasteiger partial charge on any atom is -0.395 e. The van der Waals surface area contributed by atoms with E-state index >= 15 is 0 Å². The van der Waals surface area contributed by atoms with Crippen LogP contribution in [0.5, 0.6) is 0 Å². The molecular weight excluding hydrogens is 252 g/mol. The third-order valence-corrected chi connectivity index (χ3v) is 4.83. The molecule has 0 bridgehead atoms. The van der Waals surface area contributed by atoms with Gasteiger partial charge in [0.05, 0.1) is 13.2 Å². The van der Waals surface area contributed by atoms with E-state index in [-0.39, 0.29) is 12.5 Å². The lowest BCUT2D eigenvalue weighted by molar-refractivity contribution is -0.136. The van der Waals surface area contributed by atoms with E-state index in [0.29, 0.717) is 25.2 Å². The van der Waals surface area contributed by atoms with Crippen LogP contribution in [0.4, 0.5) is 0 Å². The molecular formula is C16H30N2O2. The van der Waals surface area contributed by atoms with Gasteiger partial charge in [0.25, 0.3) is 0 Å². The Labute approximate surface area is 123 Å². The molecule has 2 saturated carbocycles. The van der Waals surface area contributed by atoms with Crippen LogP contribution in [-0.2, 0) is 4.79 Å². The van der Waals surface area contributed by atoms with Gasteiger partial charge in [0.1, 0.15) is 0 Å². The van der Waals surface area contributed by atoms with Gasteiger partial charge < -0.3 is 10.0 Å². The highest BCUT2D eigenvalue weighted by Crippen LogP contribution is 2.35. The third kappa shape index (κ3) is 4.19. The van der Waals surface area contributed by atoms with E-state index in [0.717, 1.165) is 12.5 Å². The Morgan fingerprint density at radius 2 is 1.65 bits per heavy atom. The third-order valence-electron chi connectivity index (χ3n) is 4.83. The monoisotopic (exact) mass is 282 g/mol. The predicted octanol–water partition coefficient (Wildman–Crippen LogP) is 1.87. The molecule has 0 atom stereocenters. The number of carbonyl (C=O) groups excluding carboxylic acids is 1. The quantitative estimate of drug-likeness (QED) is 0.775. The van der Waals surface area contributed by atoms with Crippen molar-refractivity contribution >= 4 is 5.91 Å². The highest BCUT2D eigenvalue weighted by atomic mass is 16.3. The molecule has 0 heterocycles. The summed E-state index contributed by atoms with van der Waals surface area (Å²) >= 11 is 0. The lowest BCUT2D eigenvalue weighted by Gasteiger charge is -2.37. The molecule has 1 amide bonds. The molecule has 0 aromatic rings. The van der Waals surface area contributed by atoms with Crippen LogP contribution in [0.25, 0.3) is 0 Å². The number of nitrogens with zero attached hydrogens (tertiary/aromatic N) is 2. The van der Waals surface area contributed by atoms with Crippen molar-refractivity contribution in [1.29, 1.82) is 0 Å². The summed E-state index contributed by atoms with van der Waals surface area (Å²) in [5.41, 5.74) is 0. The fourth-order valence-corrected chi connectivity index (χ4v) is 3.34. The smallest absolute Gasteiger partial charge is 0.237 e. The van der Waals surface area contributed by atoms with Gasteiger partial charge in [-0.3, -0.25) is 9.69 Å². The fraction of sp³-hybridized carbons (Fsp3) is 0.938. The van der Waals surface area contributed by atoms with E-state index in [1.165, 1.54) is 38.5 Å². The molecule has 4 heteroatoms. The number of hydrogen-bond acceptors (Lipinski definition) is 3. The van der Waals surface area contributed by atoms with Crippen LogP contribution in [0, 0.1) is 5.92 Å². The van der Waals surface area contributed by atoms with Crippen LogP contribution in [0.1, 0.15) is 52.4 Å². The molecule has 0 saturated heterocycles. The Hall–Kier alpha value is -0.610. The zero-order valence-corrected chi connectivity index (χ0v) is 13.1. The number of hydrogen-bond donors (Lipinski definition) is 1. The number of rotatable bonds is 7. The van der Waals surface area contributed by atoms with Gasteiger partial charge in [-0.05, 0) is 51.0 Å². The van der Waals surface area contributed by atoms with E-state index in [9.17, 15) is 4.79 Å². The first-order valence-corrected chi connectivity index (χ1v) is 8.30. The summed E-state index contributed by atoms with van der Waals surface area (Å²) in [6.07, 6.45) is 7.24. The minimum atomic E-state index is 0.130. The van der Waals surface area contributed by atoms with Gasteiger partial charge in [-0.2, -0.15) is 0 Å². The van der Waals surface area contributed by atoms with Crippen molar-refractivity contribution in [2.75, 3.05) is 26.2 Å². The second-order valence-electron chi connectivity index (χ2n) is 6.54. The van der Waals surface area contributed by atoms with E-state index in [1.54, 1.807) is 0 Å². The topological polar surface area (TPSA) is 43.8 Å². The van der Waals surface area contributed by atoms with Crippen molar-refractivity contribution in [1.82, 2.24) is 9.80 Å². The van der Waals surface area contributed by atoms with Crippen LogP contribution in [0.2, 0.25) is 0 Å². The van der Waals surface area contributed by atoms with Crippen molar-refractivity contribution in [2.45, 2.75) is 64.5 Å². The van der Waals surface area contributed by atoms with E-state index in [1.807, 2.05) is 11.8 Å². The van der Waals surface area contributed by atoms with Gasteiger partial charge in [0.15, 0.2) is 0 Å². The van der Waals surface area contributed by atoms with E-state index in [4.69, 9.17) is 5.11 Å². The maximum atomic E-state index is 12.7.